The first-order valence-corrected chi connectivity index (χ1v) is 11.7. The van der Waals surface area contributed by atoms with E-state index in [-0.39, 0.29) is 23.9 Å². The van der Waals surface area contributed by atoms with Crippen LogP contribution >= 0.6 is 11.3 Å². The topological polar surface area (TPSA) is 102 Å². The SMILES string of the molecule is CNC(=O)c1ccc(-c2cn3c(n2)sc2cc(C(=O)NC4CCCCC4N)ccc23)cc1. The molecule has 2 heterocycles. The molecule has 0 spiro atoms. The molecule has 7 nitrogen and oxygen atoms in total. The second kappa shape index (κ2) is 8.37. The first-order valence-electron chi connectivity index (χ1n) is 10.8. The van der Waals surface area contributed by atoms with Crippen molar-refractivity contribution in [1.82, 2.24) is 20.0 Å². The summed E-state index contributed by atoms with van der Waals surface area (Å²) >= 11 is 1.55. The third-order valence-electron chi connectivity index (χ3n) is 6.16. The van der Waals surface area contributed by atoms with Crippen LogP contribution in [0.2, 0.25) is 0 Å². The Morgan fingerprint density at radius 2 is 1.81 bits per heavy atom. The third kappa shape index (κ3) is 3.76. The number of thiazole rings is 1. The van der Waals surface area contributed by atoms with Gasteiger partial charge >= 0.3 is 0 Å². The third-order valence-corrected chi connectivity index (χ3v) is 7.18. The number of rotatable bonds is 4. The fraction of sp³-hybridized carbons (Fsp3) is 0.292. The van der Waals surface area contributed by atoms with Gasteiger partial charge in [-0.1, -0.05) is 36.3 Å². The minimum absolute atomic E-state index is 0.0327. The van der Waals surface area contributed by atoms with Gasteiger partial charge in [-0.25, -0.2) is 4.98 Å². The summed E-state index contributed by atoms with van der Waals surface area (Å²) in [6.07, 6.45) is 6.13. The zero-order valence-corrected chi connectivity index (χ0v) is 18.6. The lowest BCUT2D eigenvalue weighted by molar-refractivity contribution is 0.0920. The highest BCUT2D eigenvalue weighted by Crippen LogP contribution is 2.30. The van der Waals surface area contributed by atoms with Crippen LogP contribution < -0.4 is 16.4 Å². The number of benzene rings is 2. The molecule has 1 aliphatic carbocycles. The predicted octanol–water partition coefficient (Wildman–Crippen LogP) is 3.58. The first-order chi connectivity index (χ1) is 15.5. The number of carbonyl (C=O) groups excluding carboxylic acids is 2. The van der Waals surface area contributed by atoms with Gasteiger partial charge in [0.25, 0.3) is 11.8 Å². The quantitative estimate of drug-likeness (QED) is 0.445. The van der Waals surface area contributed by atoms with Gasteiger partial charge in [0.05, 0.1) is 15.9 Å². The molecule has 0 aliphatic heterocycles. The summed E-state index contributed by atoms with van der Waals surface area (Å²) in [6.45, 7) is 0. The van der Waals surface area contributed by atoms with Crippen LogP contribution in [0.4, 0.5) is 0 Å². The molecule has 2 unspecified atom stereocenters. The van der Waals surface area contributed by atoms with Gasteiger partial charge in [0.15, 0.2) is 4.96 Å². The Balaban J connectivity index is 1.40. The Hall–Kier alpha value is -3.23. The molecule has 5 rings (SSSR count). The normalized spacial score (nSPS) is 18.7. The number of nitrogens with one attached hydrogen (secondary N) is 2. The number of fused-ring (bicyclic) bond motifs is 3. The number of amides is 2. The Bertz CT molecular complexity index is 1310. The first kappa shape index (κ1) is 20.7. The van der Waals surface area contributed by atoms with Crippen LogP contribution in [-0.2, 0) is 0 Å². The van der Waals surface area contributed by atoms with E-state index in [1.54, 1.807) is 30.5 Å². The van der Waals surface area contributed by atoms with E-state index in [9.17, 15) is 9.59 Å². The molecule has 0 bridgehead atoms. The molecule has 1 fully saturated rings. The van der Waals surface area contributed by atoms with E-state index >= 15 is 0 Å². The predicted molar refractivity (Wildman–Crippen MR) is 127 cm³/mol. The summed E-state index contributed by atoms with van der Waals surface area (Å²) in [5.41, 5.74) is 10.2. The summed E-state index contributed by atoms with van der Waals surface area (Å²) < 4.78 is 3.05. The van der Waals surface area contributed by atoms with Gasteiger partial charge in [-0.15, -0.1) is 0 Å². The number of carbonyl (C=O) groups is 2. The number of imidazole rings is 1. The van der Waals surface area contributed by atoms with Crippen LogP contribution in [0, 0.1) is 0 Å². The lowest BCUT2D eigenvalue weighted by atomic mass is 9.91. The monoisotopic (exact) mass is 447 g/mol. The van der Waals surface area contributed by atoms with Gasteiger partial charge < -0.3 is 16.4 Å². The minimum Gasteiger partial charge on any atom is -0.355 e. The summed E-state index contributed by atoms with van der Waals surface area (Å²) in [5.74, 6) is -0.184. The average molecular weight is 448 g/mol. The van der Waals surface area contributed by atoms with E-state index in [0.29, 0.717) is 11.1 Å². The van der Waals surface area contributed by atoms with Crippen LogP contribution in [-0.4, -0.2) is 40.3 Å². The van der Waals surface area contributed by atoms with Crippen molar-refractivity contribution in [3.63, 3.8) is 0 Å². The molecule has 1 aliphatic rings. The molecule has 4 N–H and O–H groups in total. The molecule has 1 saturated carbocycles. The van der Waals surface area contributed by atoms with Gasteiger partial charge in [-0.3, -0.25) is 14.0 Å². The van der Waals surface area contributed by atoms with Crippen LogP contribution in [0.3, 0.4) is 0 Å². The molecule has 32 heavy (non-hydrogen) atoms. The highest BCUT2D eigenvalue weighted by Gasteiger charge is 2.24. The summed E-state index contributed by atoms with van der Waals surface area (Å²) in [7, 11) is 1.62. The highest BCUT2D eigenvalue weighted by atomic mass is 32.1. The van der Waals surface area contributed by atoms with E-state index in [0.717, 1.165) is 52.1 Å². The maximum atomic E-state index is 12.8. The minimum atomic E-state index is -0.112. The molecule has 8 heteroatoms. The molecule has 0 saturated heterocycles. The van der Waals surface area contributed by atoms with Crippen LogP contribution in [0.15, 0.2) is 48.7 Å². The highest BCUT2D eigenvalue weighted by molar-refractivity contribution is 7.23. The second-order valence-corrected chi connectivity index (χ2v) is 9.26. The number of aromatic nitrogens is 2. The average Bonchev–Trinajstić information content (AvgIpc) is 3.37. The van der Waals surface area contributed by atoms with Crippen molar-refractivity contribution in [2.24, 2.45) is 5.73 Å². The maximum Gasteiger partial charge on any atom is 0.251 e. The van der Waals surface area contributed by atoms with Crippen LogP contribution in [0.5, 0.6) is 0 Å². The molecular formula is C24H25N5O2S. The molecule has 4 aromatic rings. The second-order valence-electron chi connectivity index (χ2n) is 8.25. The van der Waals surface area contributed by atoms with Crippen molar-refractivity contribution >= 4 is 38.3 Å². The lowest BCUT2D eigenvalue weighted by Crippen LogP contribution is -2.49. The zero-order valence-electron chi connectivity index (χ0n) is 17.8. The Kier molecular flexibility index (Phi) is 5.40. The van der Waals surface area contributed by atoms with Crippen molar-refractivity contribution < 1.29 is 9.59 Å². The van der Waals surface area contributed by atoms with Crippen molar-refractivity contribution in [3.8, 4) is 11.3 Å². The molecule has 164 valence electrons. The van der Waals surface area contributed by atoms with Crippen molar-refractivity contribution in [3.05, 3.63) is 59.8 Å². The van der Waals surface area contributed by atoms with Crippen LogP contribution in [0.25, 0.3) is 26.4 Å². The van der Waals surface area contributed by atoms with Gasteiger partial charge in [0.1, 0.15) is 0 Å². The zero-order chi connectivity index (χ0) is 22.2. The summed E-state index contributed by atoms with van der Waals surface area (Å²) in [6, 6.07) is 13.2. The number of hydrogen-bond acceptors (Lipinski definition) is 5. The number of nitrogens with zero attached hydrogens (tertiary/aromatic N) is 2. The molecular weight excluding hydrogens is 422 g/mol. The number of hydrogen-bond donors (Lipinski definition) is 3. The lowest BCUT2D eigenvalue weighted by Gasteiger charge is -2.29. The van der Waals surface area contributed by atoms with Gasteiger partial charge in [-0.05, 0) is 43.2 Å². The molecule has 2 atom stereocenters. The smallest absolute Gasteiger partial charge is 0.251 e. The van der Waals surface area contributed by atoms with E-state index in [2.05, 4.69) is 10.6 Å². The van der Waals surface area contributed by atoms with Gasteiger partial charge in [-0.2, -0.15) is 0 Å². The molecule has 2 amide bonds. The molecule has 0 radical (unpaired) electrons. The van der Waals surface area contributed by atoms with E-state index in [4.69, 9.17) is 10.7 Å². The van der Waals surface area contributed by atoms with Crippen LogP contribution in [0.1, 0.15) is 46.4 Å². The molecule has 2 aromatic heterocycles. The Labute approximate surface area is 189 Å². The summed E-state index contributed by atoms with van der Waals surface area (Å²) in [5, 5.41) is 5.74. The van der Waals surface area contributed by atoms with E-state index in [1.165, 1.54) is 0 Å². The van der Waals surface area contributed by atoms with Gasteiger partial charge in [0, 0.05) is 42.0 Å². The largest absolute Gasteiger partial charge is 0.355 e. The summed E-state index contributed by atoms with van der Waals surface area (Å²) in [4.78, 5) is 30.1. The standard InChI is InChI=1S/C24H25N5O2S/c1-26-22(30)15-8-6-14(7-9-15)19-13-29-20-11-10-16(12-21(20)32-24(29)28-19)23(31)27-18-5-3-2-4-17(18)25/h6-13,17-18H,2-5,25H2,1H3,(H,26,30)(H,27,31). The van der Waals surface area contributed by atoms with E-state index < -0.39 is 0 Å². The Morgan fingerprint density at radius 3 is 2.56 bits per heavy atom. The maximum absolute atomic E-state index is 12.8. The van der Waals surface area contributed by atoms with Crippen molar-refractivity contribution in [2.45, 2.75) is 37.8 Å². The van der Waals surface area contributed by atoms with E-state index in [1.807, 2.05) is 40.9 Å². The van der Waals surface area contributed by atoms with Crippen molar-refractivity contribution in [1.29, 1.82) is 0 Å². The fourth-order valence-corrected chi connectivity index (χ4v) is 5.36. The Morgan fingerprint density at radius 1 is 1.06 bits per heavy atom. The fourth-order valence-electron chi connectivity index (χ4n) is 4.31. The van der Waals surface area contributed by atoms with Crippen molar-refractivity contribution in [2.75, 3.05) is 7.05 Å². The number of nitrogens with two attached hydrogens (primary N) is 1. The molecule has 2 aromatic carbocycles. The van der Waals surface area contributed by atoms with Gasteiger partial charge in [0.2, 0.25) is 0 Å².